The fraction of sp³-hybridized carbons (Fsp3) is 0.500. The first-order valence-corrected chi connectivity index (χ1v) is 7.96. The van der Waals surface area contributed by atoms with E-state index >= 15 is 0 Å². The Morgan fingerprint density at radius 2 is 2.37 bits per heavy atom. The van der Waals surface area contributed by atoms with Gasteiger partial charge in [-0.3, -0.25) is 4.79 Å². The number of likely N-dealkylation sites (N-methyl/N-ethyl adjacent to an activating group) is 1. The Kier molecular flexibility index (Phi) is 5.13. The van der Waals surface area contributed by atoms with Gasteiger partial charge in [0.25, 0.3) is 0 Å². The van der Waals surface area contributed by atoms with Gasteiger partial charge in [0.2, 0.25) is 5.91 Å². The van der Waals surface area contributed by atoms with Crippen LogP contribution in [0.1, 0.15) is 18.5 Å². The van der Waals surface area contributed by atoms with E-state index in [-0.39, 0.29) is 18.0 Å². The molecular weight excluding hydrogens is 280 g/mol. The van der Waals surface area contributed by atoms with E-state index in [1.807, 2.05) is 50.0 Å². The van der Waals surface area contributed by atoms with Crippen LogP contribution < -0.4 is 5.32 Å². The van der Waals surface area contributed by atoms with Crippen LogP contribution in [0.4, 0.5) is 0 Å². The normalized spacial score (nSPS) is 20.9. The molecule has 0 spiro atoms. The Morgan fingerprint density at radius 3 is 3.00 bits per heavy atom. The zero-order valence-corrected chi connectivity index (χ0v) is 12.8. The summed E-state index contributed by atoms with van der Waals surface area (Å²) in [5.74, 6) is 2.09. The molecule has 104 valence electrons. The maximum atomic E-state index is 12.4. The molecule has 2 atom stereocenters. The quantitative estimate of drug-likeness (QED) is 0.931. The SMILES string of the molecule is CC(c1cccc(Cl)c1)N(C)C(=O)C1CSCCN1. The zero-order valence-electron chi connectivity index (χ0n) is 11.2. The molecule has 1 aliphatic rings. The molecule has 5 heteroatoms. The number of rotatable bonds is 3. The molecule has 0 radical (unpaired) electrons. The van der Waals surface area contributed by atoms with Gasteiger partial charge in [-0.05, 0) is 24.6 Å². The van der Waals surface area contributed by atoms with Crippen molar-refractivity contribution in [2.24, 2.45) is 0 Å². The van der Waals surface area contributed by atoms with E-state index in [0.717, 1.165) is 23.6 Å². The third-order valence-electron chi connectivity index (χ3n) is 3.48. The van der Waals surface area contributed by atoms with Crippen molar-refractivity contribution in [3.8, 4) is 0 Å². The molecule has 0 aromatic heterocycles. The van der Waals surface area contributed by atoms with Gasteiger partial charge in [-0.1, -0.05) is 23.7 Å². The summed E-state index contributed by atoms with van der Waals surface area (Å²) < 4.78 is 0. The highest BCUT2D eigenvalue weighted by atomic mass is 35.5. The van der Waals surface area contributed by atoms with E-state index in [0.29, 0.717) is 5.02 Å². The van der Waals surface area contributed by atoms with Crippen LogP contribution >= 0.6 is 23.4 Å². The summed E-state index contributed by atoms with van der Waals surface area (Å²) in [4.78, 5) is 14.2. The molecule has 1 fully saturated rings. The maximum Gasteiger partial charge on any atom is 0.240 e. The third-order valence-corrected chi connectivity index (χ3v) is 4.78. The van der Waals surface area contributed by atoms with E-state index in [2.05, 4.69) is 5.32 Å². The number of benzene rings is 1. The predicted molar refractivity (Wildman–Crippen MR) is 81.8 cm³/mol. The lowest BCUT2D eigenvalue weighted by molar-refractivity contribution is -0.133. The number of nitrogens with one attached hydrogen (secondary N) is 1. The molecule has 3 nitrogen and oxygen atoms in total. The molecule has 0 aliphatic carbocycles. The minimum Gasteiger partial charge on any atom is -0.338 e. The largest absolute Gasteiger partial charge is 0.338 e. The average molecular weight is 299 g/mol. The van der Waals surface area contributed by atoms with Crippen molar-refractivity contribution >= 4 is 29.3 Å². The van der Waals surface area contributed by atoms with Crippen molar-refractivity contribution in [2.75, 3.05) is 25.1 Å². The topological polar surface area (TPSA) is 32.3 Å². The molecule has 0 saturated carbocycles. The van der Waals surface area contributed by atoms with Gasteiger partial charge in [-0.25, -0.2) is 0 Å². The van der Waals surface area contributed by atoms with Crippen molar-refractivity contribution in [1.29, 1.82) is 0 Å². The third kappa shape index (κ3) is 3.65. The average Bonchev–Trinajstić information content (AvgIpc) is 2.46. The van der Waals surface area contributed by atoms with Crippen LogP contribution in [0.15, 0.2) is 24.3 Å². The van der Waals surface area contributed by atoms with Crippen LogP contribution in [0.5, 0.6) is 0 Å². The van der Waals surface area contributed by atoms with E-state index < -0.39 is 0 Å². The van der Waals surface area contributed by atoms with Crippen LogP contribution in [-0.4, -0.2) is 41.9 Å². The van der Waals surface area contributed by atoms with Gasteiger partial charge >= 0.3 is 0 Å². The van der Waals surface area contributed by atoms with Gasteiger partial charge in [0, 0.05) is 30.1 Å². The summed E-state index contributed by atoms with van der Waals surface area (Å²) in [5.41, 5.74) is 1.06. The van der Waals surface area contributed by atoms with Crippen LogP contribution in [0.25, 0.3) is 0 Å². The Morgan fingerprint density at radius 1 is 1.58 bits per heavy atom. The second-order valence-electron chi connectivity index (χ2n) is 4.76. The molecule has 19 heavy (non-hydrogen) atoms. The summed E-state index contributed by atoms with van der Waals surface area (Å²) in [5, 5.41) is 3.98. The second kappa shape index (κ2) is 6.64. The van der Waals surface area contributed by atoms with Gasteiger partial charge in [-0.15, -0.1) is 0 Å². The van der Waals surface area contributed by atoms with Gasteiger partial charge < -0.3 is 10.2 Å². The van der Waals surface area contributed by atoms with E-state index in [1.165, 1.54) is 0 Å². The van der Waals surface area contributed by atoms with Gasteiger partial charge in [0.05, 0.1) is 12.1 Å². The van der Waals surface area contributed by atoms with E-state index in [1.54, 1.807) is 4.90 Å². The minimum atomic E-state index is -0.0645. The lowest BCUT2D eigenvalue weighted by Crippen LogP contribution is -2.49. The van der Waals surface area contributed by atoms with Gasteiger partial charge in [0.15, 0.2) is 0 Å². The van der Waals surface area contributed by atoms with Crippen LogP contribution in [0.3, 0.4) is 0 Å². The molecule has 1 aliphatic heterocycles. The monoisotopic (exact) mass is 298 g/mol. The molecule has 1 aromatic carbocycles. The first-order chi connectivity index (χ1) is 9.09. The molecule has 1 amide bonds. The van der Waals surface area contributed by atoms with Gasteiger partial charge in [0.1, 0.15) is 0 Å². The number of halogens is 1. The standard InChI is InChI=1S/C14H19ClN2OS/c1-10(11-4-3-5-12(15)8-11)17(2)14(18)13-9-19-7-6-16-13/h3-5,8,10,13,16H,6-7,9H2,1-2H3. The van der Waals surface area contributed by atoms with Crippen LogP contribution in [0, 0.1) is 0 Å². The first-order valence-electron chi connectivity index (χ1n) is 6.43. The first kappa shape index (κ1) is 14.7. The molecule has 0 bridgehead atoms. The molecule has 1 saturated heterocycles. The molecule has 2 rings (SSSR count). The number of hydrogen-bond acceptors (Lipinski definition) is 3. The van der Waals surface area contributed by atoms with Crippen molar-refractivity contribution in [3.05, 3.63) is 34.9 Å². The second-order valence-corrected chi connectivity index (χ2v) is 6.35. The smallest absolute Gasteiger partial charge is 0.240 e. The van der Waals surface area contributed by atoms with E-state index in [9.17, 15) is 4.79 Å². The summed E-state index contributed by atoms with van der Waals surface area (Å²) in [6, 6.07) is 7.65. The zero-order chi connectivity index (χ0) is 13.8. The van der Waals surface area contributed by atoms with Crippen LogP contribution in [-0.2, 0) is 4.79 Å². The maximum absolute atomic E-state index is 12.4. The lowest BCUT2D eigenvalue weighted by atomic mass is 10.1. The lowest BCUT2D eigenvalue weighted by Gasteiger charge is -2.31. The Bertz CT molecular complexity index is 449. The van der Waals surface area contributed by atoms with Crippen molar-refractivity contribution in [1.82, 2.24) is 10.2 Å². The number of carbonyl (C=O) groups is 1. The molecule has 2 unspecified atom stereocenters. The van der Waals surface area contributed by atoms with E-state index in [4.69, 9.17) is 11.6 Å². The molecular formula is C14H19ClN2OS. The number of amides is 1. The highest BCUT2D eigenvalue weighted by molar-refractivity contribution is 7.99. The number of nitrogens with zero attached hydrogens (tertiary/aromatic N) is 1. The van der Waals surface area contributed by atoms with Crippen LogP contribution in [0.2, 0.25) is 5.02 Å². The Balaban J connectivity index is 2.05. The summed E-state index contributed by atoms with van der Waals surface area (Å²) in [6.45, 7) is 2.93. The highest BCUT2D eigenvalue weighted by Gasteiger charge is 2.27. The van der Waals surface area contributed by atoms with Crippen molar-refractivity contribution in [3.63, 3.8) is 0 Å². The van der Waals surface area contributed by atoms with Gasteiger partial charge in [-0.2, -0.15) is 11.8 Å². The van der Waals surface area contributed by atoms with Crippen molar-refractivity contribution in [2.45, 2.75) is 19.0 Å². The number of thioether (sulfide) groups is 1. The molecule has 1 heterocycles. The number of carbonyl (C=O) groups excluding carboxylic acids is 1. The summed E-state index contributed by atoms with van der Waals surface area (Å²) >= 11 is 7.83. The summed E-state index contributed by atoms with van der Waals surface area (Å²) in [6.07, 6.45) is 0. The fourth-order valence-corrected chi connectivity index (χ4v) is 3.27. The fourth-order valence-electron chi connectivity index (χ4n) is 2.15. The summed E-state index contributed by atoms with van der Waals surface area (Å²) in [7, 11) is 1.86. The predicted octanol–water partition coefficient (Wildman–Crippen LogP) is 2.56. The minimum absolute atomic E-state index is 0.0277. The Hall–Kier alpha value is -0.710. The Labute approximate surface area is 123 Å². The number of hydrogen-bond donors (Lipinski definition) is 1. The molecule has 1 aromatic rings. The highest BCUT2D eigenvalue weighted by Crippen LogP contribution is 2.23. The van der Waals surface area contributed by atoms with Crippen molar-refractivity contribution < 1.29 is 4.79 Å². The molecule has 1 N–H and O–H groups in total.